The average Bonchev–Trinajstić information content (AvgIpc) is 3.27. The monoisotopic (exact) mass is 382 g/mol. The molecule has 2 amide bonds. The third-order valence-electron chi connectivity index (χ3n) is 6.01. The van der Waals surface area contributed by atoms with Gasteiger partial charge in [-0.25, -0.2) is 9.78 Å². The van der Waals surface area contributed by atoms with Gasteiger partial charge in [-0.1, -0.05) is 31.4 Å². The van der Waals surface area contributed by atoms with Gasteiger partial charge in [-0.3, -0.25) is 9.58 Å². The van der Waals surface area contributed by atoms with E-state index in [1.54, 1.807) is 12.7 Å². The fourth-order valence-electron chi connectivity index (χ4n) is 4.24. The summed E-state index contributed by atoms with van der Waals surface area (Å²) in [6.45, 7) is 5.05. The van der Waals surface area contributed by atoms with Crippen molar-refractivity contribution in [3.05, 3.63) is 42.5 Å². The minimum Gasteiger partial charge on any atom is -0.322 e. The van der Waals surface area contributed by atoms with Crippen molar-refractivity contribution in [2.24, 2.45) is 0 Å². The van der Waals surface area contributed by atoms with E-state index >= 15 is 0 Å². The first-order valence-electron chi connectivity index (χ1n) is 10.5. The number of aromatic nitrogens is 3. The molecule has 1 saturated carbocycles. The molecule has 7 heteroatoms. The van der Waals surface area contributed by atoms with Gasteiger partial charge in [0.1, 0.15) is 12.7 Å². The molecule has 2 aliphatic rings. The van der Waals surface area contributed by atoms with Crippen molar-refractivity contribution in [3.63, 3.8) is 0 Å². The summed E-state index contributed by atoms with van der Waals surface area (Å²) >= 11 is 0. The number of amides is 2. The number of nitrogens with zero attached hydrogens (tertiary/aromatic N) is 5. The molecule has 28 heavy (non-hydrogen) atoms. The van der Waals surface area contributed by atoms with Gasteiger partial charge >= 0.3 is 6.03 Å². The molecule has 1 aliphatic heterocycles. The van der Waals surface area contributed by atoms with Crippen LogP contribution >= 0.6 is 0 Å². The summed E-state index contributed by atoms with van der Waals surface area (Å²) in [5, 5.41) is 7.19. The van der Waals surface area contributed by atoms with Gasteiger partial charge in [0.25, 0.3) is 0 Å². The Kier molecular flexibility index (Phi) is 6.21. The summed E-state index contributed by atoms with van der Waals surface area (Å²) < 4.78 is 1.84. The SMILES string of the molecule is O=C(Nc1ccc(C2CCCCC2)cc1)N1CCN(CCn2cncn2)CC1. The molecular weight excluding hydrogens is 352 g/mol. The first-order valence-corrected chi connectivity index (χ1v) is 10.5. The molecule has 1 aromatic carbocycles. The van der Waals surface area contributed by atoms with Crippen LogP contribution in [0.1, 0.15) is 43.6 Å². The summed E-state index contributed by atoms with van der Waals surface area (Å²) in [6, 6.07) is 8.48. The van der Waals surface area contributed by atoms with Crippen molar-refractivity contribution < 1.29 is 4.79 Å². The number of benzene rings is 1. The quantitative estimate of drug-likeness (QED) is 0.863. The number of carbonyl (C=O) groups is 1. The van der Waals surface area contributed by atoms with E-state index in [1.807, 2.05) is 9.58 Å². The van der Waals surface area contributed by atoms with Crippen LogP contribution < -0.4 is 5.32 Å². The summed E-state index contributed by atoms with van der Waals surface area (Å²) in [7, 11) is 0. The van der Waals surface area contributed by atoms with E-state index in [4.69, 9.17) is 0 Å². The molecule has 2 aromatic rings. The number of hydrogen-bond acceptors (Lipinski definition) is 4. The Balaban J connectivity index is 1.22. The zero-order valence-electron chi connectivity index (χ0n) is 16.5. The molecule has 0 unspecified atom stereocenters. The van der Waals surface area contributed by atoms with Crippen LogP contribution in [-0.4, -0.2) is 63.3 Å². The van der Waals surface area contributed by atoms with Crippen molar-refractivity contribution in [2.45, 2.75) is 44.6 Å². The fraction of sp³-hybridized carbons (Fsp3) is 0.571. The van der Waals surface area contributed by atoms with Gasteiger partial charge in [-0.15, -0.1) is 0 Å². The number of rotatable bonds is 5. The van der Waals surface area contributed by atoms with E-state index < -0.39 is 0 Å². The molecule has 150 valence electrons. The Labute approximate surface area is 166 Å². The zero-order valence-corrected chi connectivity index (χ0v) is 16.5. The van der Waals surface area contributed by atoms with Crippen molar-refractivity contribution in [1.82, 2.24) is 24.6 Å². The highest BCUT2D eigenvalue weighted by atomic mass is 16.2. The van der Waals surface area contributed by atoms with Gasteiger partial charge in [0.05, 0.1) is 6.54 Å². The molecule has 0 radical (unpaired) electrons. The van der Waals surface area contributed by atoms with Crippen LogP contribution in [0.15, 0.2) is 36.9 Å². The number of nitrogens with one attached hydrogen (secondary N) is 1. The van der Waals surface area contributed by atoms with Crippen molar-refractivity contribution in [1.29, 1.82) is 0 Å². The second-order valence-corrected chi connectivity index (χ2v) is 7.87. The smallest absolute Gasteiger partial charge is 0.321 e. The zero-order chi connectivity index (χ0) is 19.2. The standard InChI is InChI=1S/C21H30N6O/c28-21(24-20-8-6-19(7-9-20)18-4-2-1-3-5-18)26-13-10-25(11-14-26)12-15-27-17-22-16-23-27/h6-9,16-18H,1-5,10-15H2,(H,24,28). The number of carbonyl (C=O) groups excluding carboxylic acids is 1. The second kappa shape index (κ2) is 9.19. The van der Waals surface area contributed by atoms with Gasteiger partial charge in [0.15, 0.2) is 0 Å². The van der Waals surface area contributed by atoms with Crippen molar-refractivity contribution in [2.75, 3.05) is 38.0 Å². The molecule has 1 N–H and O–H groups in total. The lowest BCUT2D eigenvalue weighted by molar-refractivity contribution is 0.143. The highest BCUT2D eigenvalue weighted by molar-refractivity contribution is 5.89. The average molecular weight is 383 g/mol. The van der Waals surface area contributed by atoms with Crippen LogP contribution in [0.2, 0.25) is 0 Å². The van der Waals surface area contributed by atoms with Crippen molar-refractivity contribution >= 4 is 11.7 Å². The molecular formula is C21H30N6O. The minimum absolute atomic E-state index is 0.00124. The molecule has 1 aromatic heterocycles. The highest BCUT2D eigenvalue weighted by Crippen LogP contribution is 2.32. The molecule has 7 nitrogen and oxygen atoms in total. The summed E-state index contributed by atoms with van der Waals surface area (Å²) in [5.74, 6) is 0.698. The van der Waals surface area contributed by atoms with Crippen LogP contribution in [0.4, 0.5) is 10.5 Å². The Morgan fingerprint density at radius 2 is 1.75 bits per heavy atom. The third kappa shape index (κ3) is 4.90. The maximum Gasteiger partial charge on any atom is 0.321 e. The van der Waals surface area contributed by atoms with Crippen molar-refractivity contribution in [3.8, 4) is 0 Å². The number of piperazine rings is 1. The van der Waals surface area contributed by atoms with Gasteiger partial charge in [0, 0.05) is 38.4 Å². The lowest BCUT2D eigenvalue weighted by Crippen LogP contribution is -2.50. The van der Waals surface area contributed by atoms with E-state index in [1.165, 1.54) is 37.7 Å². The number of hydrogen-bond donors (Lipinski definition) is 1. The molecule has 2 heterocycles. The maximum absolute atomic E-state index is 12.6. The van der Waals surface area contributed by atoms with E-state index in [2.05, 4.69) is 44.6 Å². The molecule has 4 rings (SSSR count). The molecule has 0 bridgehead atoms. The second-order valence-electron chi connectivity index (χ2n) is 7.87. The first-order chi connectivity index (χ1) is 13.8. The van der Waals surface area contributed by atoms with Crippen LogP contribution in [0.25, 0.3) is 0 Å². The van der Waals surface area contributed by atoms with Gasteiger partial charge in [-0.2, -0.15) is 5.10 Å². The molecule has 1 saturated heterocycles. The minimum atomic E-state index is 0.00124. The largest absolute Gasteiger partial charge is 0.322 e. The van der Waals surface area contributed by atoms with Crippen LogP contribution in [0.5, 0.6) is 0 Å². The molecule has 0 atom stereocenters. The Morgan fingerprint density at radius 3 is 2.43 bits per heavy atom. The number of anilines is 1. The predicted octanol–water partition coefficient (Wildman–Crippen LogP) is 3.18. The highest BCUT2D eigenvalue weighted by Gasteiger charge is 2.21. The topological polar surface area (TPSA) is 66.3 Å². The predicted molar refractivity (Wildman–Crippen MR) is 109 cm³/mol. The first kappa shape index (κ1) is 18.9. The van der Waals surface area contributed by atoms with E-state index in [0.717, 1.165) is 45.0 Å². The summed E-state index contributed by atoms with van der Waals surface area (Å²) in [6.07, 6.45) is 9.95. The van der Waals surface area contributed by atoms with Gasteiger partial charge < -0.3 is 10.2 Å². The Morgan fingerprint density at radius 1 is 1.00 bits per heavy atom. The van der Waals surface area contributed by atoms with Crippen LogP contribution in [0, 0.1) is 0 Å². The maximum atomic E-state index is 12.6. The van der Waals surface area contributed by atoms with Gasteiger partial charge in [-0.05, 0) is 36.5 Å². The lowest BCUT2D eigenvalue weighted by Gasteiger charge is -2.34. The third-order valence-corrected chi connectivity index (χ3v) is 6.01. The van der Waals surface area contributed by atoms with E-state index in [-0.39, 0.29) is 6.03 Å². The van der Waals surface area contributed by atoms with E-state index in [9.17, 15) is 4.79 Å². The normalized spacial score (nSPS) is 18.9. The van der Waals surface area contributed by atoms with Crippen LogP contribution in [0.3, 0.4) is 0 Å². The Bertz CT molecular complexity index is 731. The lowest BCUT2D eigenvalue weighted by atomic mass is 9.84. The number of urea groups is 1. The van der Waals surface area contributed by atoms with E-state index in [0.29, 0.717) is 5.92 Å². The fourth-order valence-corrected chi connectivity index (χ4v) is 4.24. The van der Waals surface area contributed by atoms with Gasteiger partial charge in [0.2, 0.25) is 0 Å². The molecule has 1 aliphatic carbocycles. The molecule has 0 spiro atoms. The summed E-state index contributed by atoms with van der Waals surface area (Å²) in [5.41, 5.74) is 2.30. The molecule has 2 fully saturated rings. The van der Waals surface area contributed by atoms with Crippen LogP contribution in [-0.2, 0) is 6.54 Å². The summed E-state index contributed by atoms with van der Waals surface area (Å²) in [4.78, 5) is 20.8. The Hall–Kier alpha value is -2.41.